The quantitative estimate of drug-likeness (QED) is 0.156. The number of hydrogen-bond donors (Lipinski definition) is 0. The Labute approximate surface area is 375 Å². The maximum Gasteiger partial charge on any atom is 0.333 e. The molecule has 2 nitrogen and oxygen atoms in total. The summed E-state index contributed by atoms with van der Waals surface area (Å²) >= 11 is 0. The molecule has 0 aromatic heterocycles. The molecule has 1 saturated carbocycles. The number of nitrogens with zero attached hydrogens (tertiary/aromatic N) is 2. The Bertz CT molecular complexity index is 2820. The molecule has 0 bridgehead atoms. The van der Waals surface area contributed by atoms with Crippen LogP contribution < -0.4 is 20.6 Å². The summed E-state index contributed by atoms with van der Waals surface area (Å²) in [5.41, 5.74) is 27.8. The zero-order valence-corrected chi connectivity index (χ0v) is 41.1. The van der Waals surface area contributed by atoms with Crippen LogP contribution in [0.4, 0.5) is 22.7 Å². The van der Waals surface area contributed by atoms with Gasteiger partial charge in [0, 0.05) is 39.1 Å². The van der Waals surface area contributed by atoms with Gasteiger partial charge in [0.2, 0.25) is 0 Å². The Balaban J connectivity index is 1.29. The first-order valence-corrected chi connectivity index (χ1v) is 24.2. The Morgan fingerprint density at radius 1 is 0.532 bits per heavy atom. The minimum Gasteiger partial charge on any atom is -0.376 e. The second-order valence-electron chi connectivity index (χ2n) is 25.3. The third-order valence-corrected chi connectivity index (χ3v) is 18.1. The van der Waals surface area contributed by atoms with Crippen molar-refractivity contribution in [3.63, 3.8) is 0 Å². The average Bonchev–Trinajstić information content (AvgIpc) is 3.54. The van der Waals surface area contributed by atoms with Crippen molar-refractivity contribution >= 4 is 40.5 Å². The lowest BCUT2D eigenvalue weighted by Gasteiger charge is -2.53. The summed E-state index contributed by atoms with van der Waals surface area (Å²) in [5, 5.41) is 0. The minimum absolute atomic E-state index is 0.00396. The number of anilines is 4. The molecule has 3 heterocycles. The summed E-state index contributed by atoms with van der Waals surface area (Å²) in [6, 6.07) is 28.3. The molecule has 62 heavy (non-hydrogen) atoms. The minimum atomic E-state index is -0.212. The fourth-order valence-electron chi connectivity index (χ4n) is 14.0. The van der Waals surface area contributed by atoms with Gasteiger partial charge in [0.25, 0.3) is 0 Å². The van der Waals surface area contributed by atoms with Gasteiger partial charge in [-0.1, -0.05) is 151 Å². The third-order valence-electron chi connectivity index (χ3n) is 18.1. The maximum absolute atomic E-state index is 2.91. The number of fused-ring (bicyclic) bond motifs is 12. The van der Waals surface area contributed by atoms with Crippen LogP contribution in [-0.4, -0.2) is 12.4 Å². The molecular weight excluding hydrogens is 747 g/mol. The Hall–Kier alpha value is -4.24. The lowest BCUT2D eigenvalue weighted by molar-refractivity contribution is 0.195. The van der Waals surface area contributed by atoms with E-state index >= 15 is 0 Å². The normalized spacial score (nSPS) is 24.2. The van der Waals surface area contributed by atoms with Gasteiger partial charge in [-0.3, -0.25) is 0 Å². The fourth-order valence-corrected chi connectivity index (χ4v) is 14.0. The highest BCUT2D eigenvalue weighted by Gasteiger charge is 2.62. The van der Waals surface area contributed by atoms with E-state index in [1.54, 1.807) is 16.7 Å². The van der Waals surface area contributed by atoms with Gasteiger partial charge in [0.05, 0.1) is 5.54 Å². The zero-order valence-electron chi connectivity index (χ0n) is 41.1. The second kappa shape index (κ2) is 12.1. The van der Waals surface area contributed by atoms with Gasteiger partial charge in [-0.15, -0.1) is 0 Å². The molecule has 5 aromatic carbocycles. The molecule has 11 rings (SSSR count). The average molecular weight is 819 g/mol. The van der Waals surface area contributed by atoms with Gasteiger partial charge in [-0.25, -0.2) is 0 Å². The van der Waals surface area contributed by atoms with Gasteiger partial charge in [0.15, 0.2) is 0 Å². The predicted octanol–water partition coefficient (Wildman–Crippen LogP) is 14.5. The van der Waals surface area contributed by atoms with Crippen molar-refractivity contribution in [3.8, 4) is 22.3 Å². The second-order valence-corrected chi connectivity index (χ2v) is 25.3. The molecule has 0 spiro atoms. The summed E-state index contributed by atoms with van der Waals surface area (Å²) in [5.74, 6) is 0. The summed E-state index contributed by atoms with van der Waals surface area (Å²) in [6.07, 6.45) is 7.45. The standard InChI is InChI=1S/C59H71BN2/c1-34-27-41-39-21-20-38-40-32-43-44(56(11,12)26-25-55(43,9)10)33-42(40)57(13,14)49(38)51(39)62(47-22-19-36(29-35(47)2)53(3,4)5)60-46-31-37(54(6,7)8)30-45-52(46)61(48(28-34)50(41)60)59(16)24-18-17-23-58(45,59)15/h19-22,27-33H,17-18,23-26H2,1-16H3. The van der Waals surface area contributed by atoms with Gasteiger partial charge >= 0.3 is 6.85 Å². The number of hydrogen-bond acceptors (Lipinski definition) is 2. The van der Waals surface area contributed by atoms with Gasteiger partial charge < -0.3 is 9.71 Å². The van der Waals surface area contributed by atoms with Crippen LogP contribution in [0.5, 0.6) is 0 Å². The van der Waals surface area contributed by atoms with E-state index in [-0.39, 0.29) is 44.9 Å². The molecule has 3 aliphatic heterocycles. The van der Waals surface area contributed by atoms with Crippen molar-refractivity contribution in [1.82, 2.24) is 0 Å². The van der Waals surface area contributed by atoms with Crippen LogP contribution in [-0.2, 0) is 32.5 Å². The maximum atomic E-state index is 2.91. The van der Waals surface area contributed by atoms with Crippen LogP contribution in [0, 0.1) is 13.8 Å². The van der Waals surface area contributed by atoms with Crippen LogP contribution >= 0.6 is 0 Å². The molecule has 5 aromatic rings. The van der Waals surface area contributed by atoms with E-state index in [1.807, 2.05) is 0 Å². The van der Waals surface area contributed by atoms with Crippen LogP contribution in [0.1, 0.15) is 186 Å². The number of benzene rings is 5. The zero-order chi connectivity index (χ0) is 44.2. The SMILES string of the molecule is Cc1cc2c3c(c1)N1c4c(cc(C(C)(C)C)cc4C4(C)CCCCC14C)B3N(c1ccc(C(C)(C)C)cc1C)c1c-2ccc2c1C(C)(C)c1cc3c(cc1-2)C(C)(C)CCC3(C)C. The van der Waals surface area contributed by atoms with Crippen molar-refractivity contribution in [2.24, 2.45) is 0 Å². The first-order valence-electron chi connectivity index (χ1n) is 24.2. The van der Waals surface area contributed by atoms with E-state index in [0.717, 1.165) is 0 Å². The van der Waals surface area contributed by atoms with Crippen LogP contribution in [0.25, 0.3) is 22.3 Å². The molecular formula is C59H71BN2. The summed E-state index contributed by atoms with van der Waals surface area (Å²) < 4.78 is 0. The molecule has 2 unspecified atom stereocenters. The molecule has 320 valence electrons. The highest BCUT2D eigenvalue weighted by molar-refractivity contribution is 6.93. The first-order chi connectivity index (χ1) is 28.8. The molecule has 0 N–H and O–H groups in total. The summed E-state index contributed by atoms with van der Waals surface area (Å²) in [4.78, 5) is 5.80. The van der Waals surface area contributed by atoms with Crippen molar-refractivity contribution in [2.45, 2.75) is 187 Å². The number of rotatable bonds is 1. The molecule has 2 atom stereocenters. The van der Waals surface area contributed by atoms with Gasteiger partial charge in [-0.2, -0.15) is 0 Å². The van der Waals surface area contributed by atoms with E-state index in [9.17, 15) is 0 Å². The molecule has 0 saturated heterocycles. The van der Waals surface area contributed by atoms with E-state index in [4.69, 9.17) is 0 Å². The third kappa shape index (κ3) is 5.01. The Morgan fingerprint density at radius 3 is 1.84 bits per heavy atom. The monoisotopic (exact) mass is 819 g/mol. The first kappa shape index (κ1) is 40.5. The van der Waals surface area contributed by atoms with Gasteiger partial charge in [0.1, 0.15) is 0 Å². The van der Waals surface area contributed by atoms with Crippen molar-refractivity contribution in [3.05, 3.63) is 117 Å². The molecule has 6 aliphatic rings. The lowest BCUT2D eigenvalue weighted by atomic mass is 9.42. The van der Waals surface area contributed by atoms with Crippen molar-refractivity contribution in [2.75, 3.05) is 9.71 Å². The van der Waals surface area contributed by atoms with E-state index in [2.05, 4.69) is 187 Å². The number of aryl methyl sites for hydroxylation is 2. The summed E-state index contributed by atoms with van der Waals surface area (Å²) in [7, 11) is 0. The molecule has 0 amide bonds. The van der Waals surface area contributed by atoms with Crippen molar-refractivity contribution in [1.29, 1.82) is 0 Å². The molecule has 1 fully saturated rings. The predicted molar refractivity (Wildman–Crippen MR) is 268 cm³/mol. The smallest absolute Gasteiger partial charge is 0.333 e. The highest BCUT2D eigenvalue weighted by atomic mass is 15.3. The van der Waals surface area contributed by atoms with Crippen molar-refractivity contribution < 1.29 is 0 Å². The Morgan fingerprint density at radius 2 is 1.18 bits per heavy atom. The van der Waals surface area contributed by atoms with E-state index < -0.39 is 0 Å². The van der Waals surface area contributed by atoms with E-state index in [1.165, 1.54) is 128 Å². The summed E-state index contributed by atoms with van der Waals surface area (Å²) in [6.45, 7) is 39.4. The van der Waals surface area contributed by atoms with Crippen LogP contribution in [0.3, 0.4) is 0 Å². The lowest BCUT2D eigenvalue weighted by Crippen LogP contribution is -2.65. The molecule has 0 radical (unpaired) electrons. The molecule has 3 heteroatoms. The van der Waals surface area contributed by atoms with Gasteiger partial charge in [-0.05, 0) is 164 Å². The Kier molecular flexibility index (Phi) is 7.91. The fraction of sp³-hybridized carbons (Fsp3) is 0.492. The largest absolute Gasteiger partial charge is 0.376 e. The molecule has 3 aliphatic carbocycles. The van der Waals surface area contributed by atoms with Crippen LogP contribution in [0.15, 0.2) is 66.7 Å². The topological polar surface area (TPSA) is 6.48 Å². The highest BCUT2D eigenvalue weighted by Crippen LogP contribution is 2.64. The van der Waals surface area contributed by atoms with Crippen LogP contribution in [0.2, 0.25) is 0 Å². The van der Waals surface area contributed by atoms with E-state index in [0.29, 0.717) is 0 Å².